The third-order valence-corrected chi connectivity index (χ3v) is 5.78. The molecule has 138 valence electrons. The van der Waals surface area contributed by atoms with Crippen molar-refractivity contribution < 1.29 is 4.79 Å². The second kappa shape index (κ2) is 6.76. The normalized spacial score (nSPS) is 22.7. The van der Waals surface area contributed by atoms with E-state index in [-0.39, 0.29) is 11.9 Å². The summed E-state index contributed by atoms with van der Waals surface area (Å²) in [6.45, 7) is 0. The van der Waals surface area contributed by atoms with Crippen molar-refractivity contribution in [2.75, 3.05) is 0 Å². The fraction of sp³-hybridized carbons (Fsp3) is 0.429. The maximum Gasteiger partial charge on any atom is 0.254 e. The zero-order chi connectivity index (χ0) is 18.2. The van der Waals surface area contributed by atoms with Gasteiger partial charge in [0.1, 0.15) is 11.5 Å². The number of nitrogens with one attached hydrogen (secondary N) is 1. The minimum absolute atomic E-state index is 0.0612. The second-order valence-electron chi connectivity index (χ2n) is 7.72. The Labute approximate surface area is 158 Å². The Hall–Kier alpha value is -2.76. The number of fused-ring (bicyclic) bond motifs is 1. The first-order chi connectivity index (χ1) is 13.3. The molecule has 6 heteroatoms. The van der Waals surface area contributed by atoms with E-state index in [2.05, 4.69) is 43.2 Å². The van der Waals surface area contributed by atoms with Crippen LogP contribution in [-0.2, 0) is 0 Å². The van der Waals surface area contributed by atoms with Crippen molar-refractivity contribution >= 4 is 16.9 Å². The van der Waals surface area contributed by atoms with Crippen molar-refractivity contribution in [1.82, 2.24) is 24.8 Å². The van der Waals surface area contributed by atoms with Gasteiger partial charge in [0.05, 0.1) is 5.56 Å². The molecule has 2 fully saturated rings. The summed E-state index contributed by atoms with van der Waals surface area (Å²) < 4.78 is 2.29. The summed E-state index contributed by atoms with van der Waals surface area (Å²) in [6, 6.07) is 6.86. The molecule has 0 spiro atoms. The lowest BCUT2D eigenvalue weighted by Gasteiger charge is -2.30. The SMILES string of the molecule is O=C(NC1CCC(n2ccc3cccnc32)CC1)c1cnc(C2CC2)nc1. The Morgan fingerprint density at radius 3 is 2.52 bits per heavy atom. The molecule has 6 nitrogen and oxygen atoms in total. The molecule has 3 aromatic heterocycles. The predicted molar refractivity (Wildman–Crippen MR) is 102 cm³/mol. The van der Waals surface area contributed by atoms with Gasteiger partial charge in [-0.1, -0.05) is 0 Å². The first kappa shape index (κ1) is 16.4. The highest BCUT2D eigenvalue weighted by molar-refractivity contribution is 5.93. The maximum absolute atomic E-state index is 12.5. The Morgan fingerprint density at radius 2 is 1.78 bits per heavy atom. The third kappa shape index (κ3) is 3.31. The quantitative estimate of drug-likeness (QED) is 0.770. The lowest BCUT2D eigenvalue weighted by Crippen LogP contribution is -2.38. The van der Waals surface area contributed by atoms with Gasteiger partial charge in [-0.25, -0.2) is 15.0 Å². The molecule has 2 aliphatic rings. The summed E-state index contributed by atoms with van der Waals surface area (Å²) in [7, 11) is 0. The van der Waals surface area contributed by atoms with Crippen LogP contribution in [0.3, 0.4) is 0 Å². The molecule has 0 aromatic carbocycles. The molecule has 0 saturated heterocycles. The van der Waals surface area contributed by atoms with Gasteiger partial charge in [-0.05, 0) is 56.7 Å². The van der Waals surface area contributed by atoms with Gasteiger partial charge in [0.2, 0.25) is 0 Å². The van der Waals surface area contributed by atoms with E-state index in [1.807, 2.05) is 12.3 Å². The molecule has 3 heterocycles. The fourth-order valence-electron chi connectivity index (χ4n) is 4.06. The Kier molecular flexibility index (Phi) is 4.11. The molecule has 2 aliphatic carbocycles. The largest absolute Gasteiger partial charge is 0.349 e. The van der Waals surface area contributed by atoms with Crippen LogP contribution in [0.2, 0.25) is 0 Å². The van der Waals surface area contributed by atoms with E-state index in [4.69, 9.17) is 0 Å². The van der Waals surface area contributed by atoms with Crippen molar-refractivity contribution in [3.8, 4) is 0 Å². The standard InChI is InChI=1S/C21H23N5O/c27-21(16-12-23-19(24-13-16)14-3-4-14)25-17-5-7-18(8-6-17)26-11-9-15-2-1-10-22-20(15)26/h1-2,9-14,17-18H,3-8H2,(H,25,27). The molecule has 0 bridgehead atoms. The summed E-state index contributed by atoms with van der Waals surface area (Å²) in [5, 5.41) is 4.34. The van der Waals surface area contributed by atoms with Crippen LogP contribution in [0.15, 0.2) is 43.0 Å². The number of hydrogen-bond acceptors (Lipinski definition) is 4. The van der Waals surface area contributed by atoms with Crippen LogP contribution >= 0.6 is 0 Å². The minimum Gasteiger partial charge on any atom is -0.349 e. The highest BCUT2D eigenvalue weighted by Crippen LogP contribution is 2.37. The van der Waals surface area contributed by atoms with Gasteiger partial charge < -0.3 is 9.88 Å². The van der Waals surface area contributed by atoms with E-state index in [1.54, 1.807) is 12.4 Å². The van der Waals surface area contributed by atoms with Crippen LogP contribution in [0.1, 0.15) is 66.7 Å². The van der Waals surface area contributed by atoms with Gasteiger partial charge in [-0.15, -0.1) is 0 Å². The fourth-order valence-corrected chi connectivity index (χ4v) is 4.06. The van der Waals surface area contributed by atoms with Crippen molar-refractivity contribution in [3.63, 3.8) is 0 Å². The van der Waals surface area contributed by atoms with E-state index in [9.17, 15) is 4.79 Å². The molecule has 2 saturated carbocycles. The number of pyridine rings is 1. The molecule has 1 N–H and O–H groups in total. The number of amides is 1. The molecule has 0 atom stereocenters. The Bertz CT molecular complexity index is 952. The zero-order valence-corrected chi connectivity index (χ0v) is 15.2. The lowest BCUT2D eigenvalue weighted by molar-refractivity contribution is 0.0922. The minimum atomic E-state index is -0.0612. The molecule has 0 aliphatic heterocycles. The first-order valence-corrected chi connectivity index (χ1v) is 9.82. The van der Waals surface area contributed by atoms with Gasteiger partial charge in [0.15, 0.2) is 0 Å². The van der Waals surface area contributed by atoms with Crippen LogP contribution in [0.5, 0.6) is 0 Å². The molecule has 27 heavy (non-hydrogen) atoms. The molecule has 5 rings (SSSR count). The Balaban J connectivity index is 1.19. The molecule has 0 radical (unpaired) electrons. The van der Waals surface area contributed by atoms with Crippen LogP contribution in [0.4, 0.5) is 0 Å². The van der Waals surface area contributed by atoms with Crippen molar-refractivity contribution in [1.29, 1.82) is 0 Å². The van der Waals surface area contributed by atoms with E-state index in [0.717, 1.165) is 37.2 Å². The van der Waals surface area contributed by atoms with Crippen molar-refractivity contribution in [2.24, 2.45) is 0 Å². The number of carbonyl (C=O) groups is 1. The molecular formula is C21H23N5O. The van der Waals surface area contributed by atoms with Crippen molar-refractivity contribution in [3.05, 3.63) is 54.4 Å². The number of rotatable bonds is 4. The van der Waals surface area contributed by atoms with Crippen LogP contribution < -0.4 is 5.32 Å². The summed E-state index contributed by atoms with van der Waals surface area (Å²) in [5.74, 6) is 1.32. The van der Waals surface area contributed by atoms with Crippen LogP contribution in [-0.4, -0.2) is 31.5 Å². The first-order valence-electron chi connectivity index (χ1n) is 9.82. The summed E-state index contributed by atoms with van der Waals surface area (Å²) in [6.07, 6.45) is 13.7. The third-order valence-electron chi connectivity index (χ3n) is 5.78. The predicted octanol–water partition coefficient (Wildman–Crippen LogP) is 3.62. The average molecular weight is 361 g/mol. The molecule has 3 aromatic rings. The lowest BCUT2D eigenvalue weighted by atomic mass is 9.91. The molecule has 1 amide bonds. The van der Waals surface area contributed by atoms with Gasteiger partial charge in [0.25, 0.3) is 5.91 Å². The number of carbonyl (C=O) groups excluding carboxylic acids is 1. The summed E-state index contributed by atoms with van der Waals surface area (Å²) in [5.41, 5.74) is 1.61. The number of aromatic nitrogens is 4. The zero-order valence-electron chi connectivity index (χ0n) is 15.2. The van der Waals surface area contributed by atoms with Crippen molar-refractivity contribution in [2.45, 2.75) is 56.5 Å². The van der Waals surface area contributed by atoms with E-state index < -0.39 is 0 Å². The number of hydrogen-bond donors (Lipinski definition) is 1. The van der Waals surface area contributed by atoms with E-state index in [0.29, 0.717) is 17.5 Å². The second-order valence-corrected chi connectivity index (χ2v) is 7.72. The average Bonchev–Trinajstić information content (AvgIpc) is 3.48. The van der Waals surface area contributed by atoms with E-state index in [1.165, 1.54) is 18.2 Å². The molecular weight excluding hydrogens is 338 g/mol. The van der Waals surface area contributed by atoms with Gasteiger partial charge >= 0.3 is 0 Å². The highest BCUT2D eigenvalue weighted by atomic mass is 16.1. The van der Waals surface area contributed by atoms with Crippen LogP contribution in [0.25, 0.3) is 11.0 Å². The Morgan fingerprint density at radius 1 is 1.00 bits per heavy atom. The van der Waals surface area contributed by atoms with E-state index >= 15 is 0 Å². The topological polar surface area (TPSA) is 72.7 Å². The maximum atomic E-state index is 12.5. The molecule has 0 unspecified atom stereocenters. The van der Waals surface area contributed by atoms with Gasteiger partial charge in [0, 0.05) is 48.2 Å². The summed E-state index contributed by atoms with van der Waals surface area (Å²) in [4.78, 5) is 25.7. The smallest absolute Gasteiger partial charge is 0.254 e. The number of nitrogens with zero attached hydrogens (tertiary/aromatic N) is 4. The summed E-state index contributed by atoms with van der Waals surface area (Å²) >= 11 is 0. The van der Waals surface area contributed by atoms with Crippen LogP contribution in [0, 0.1) is 0 Å². The highest BCUT2D eigenvalue weighted by Gasteiger charge is 2.27. The van der Waals surface area contributed by atoms with Gasteiger partial charge in [-0.2, -0.15) is 0 Å². The monoisotopic (exact) mass is 361 g/mol. The van der Waals surface area contributed by atoms with Gasteiger partial charge in [-0.3, -0.25) is 4.79 Å².